The van der Waals surface area contributed by atoms with Crippen LogP contribution in [0, 0.1) is 0 Å². The van der Waals surface area contributed by atoms with Crippen LogP contribution in [0.1, 0.15) is 0 Å². The number of hydrazine groups is 1. The minimum absolute atomic E-state index is 0.417. The Morgan fingerprint density at radius 1 is 1.19 bits per heavy atom. The molecule has 1 aromatic carbocycles. The molecule has 0 aliphatic rings. The van der Waals surface area contributed by atoms with E-state index in [1.165, 1.54) is 11.8 Å². The van der Waals surface area contributed by atoms with Crippen molar-refractivity contribution in [3.05, 3.63) is 42.6 Å². The molecule has 7 heteroatoms. The zero-order valence-electron chi connectivity index (χ0n) is 11.3. The number of pyridine rings is 1. The fraction of sp³-hybridized carbons (Fsp3) is 0.0714. The second kappa shape index (κ2) is 5.94. The molecule has 0 aliphatic heterocycles. The number of fused-ring (bicyclic) bond motifs is 1. The lowest BCUT2D eigenvalue weighted by atomic mass is 10.2. The van der Waals surface area contributed by atoms with Gasteiger partial charge in [0.15, 0.2) is 10.9 Å². The van der Waals surface area contributed by atoms with Crippen LogP contribution in [0.25, 0.3) is 10.9 Å². The molecule has 2 aromatic heterocycles. The molecule has 3 rings (SSSR count). The summed E-state index contributed by atoms with van der Waals surface area (Å²) >= 11 is 1.41. The van der Waals surface area contributed by atoms with Gasteiger partial charge in [0.05, 0.1) is 0 Å². The van der Waals surface area contributed by atoms with Crippen LogP contribution in [-0.2, 0) is 0 Å². The zero-order valence-corrected chi connectivity index (χ0v) is 12.1. The number of para-hydroxylation sites is 1. The summed E-state index contributed by atoms with van der Waals surface area (Å²) in [6.45, 7) is 0. The maximum atomic E-state index is 5.85. The minimum Gasteiger partial charge on any atom is -0.437 e. The Hall–Kier alpha value is -2.38. The third kappa shape index (κ3) is 2.88. The van der Waals surface area contributed by atoms with Gasteiger partial charge in [0.25, 0.3) is 0 Å². The van der Waals surface area contributed by atoms with Crippen LogP contribution in [0.5, 0.6) is 11.6 Å². The van der Waals surface area contributed by atoms with E-state index in [-0.39, 0.29) is 0 Å². The van der Waals surface area contributed by atoms with Crippen molar-refractivity contribution in [3.8, 4) is 11.6 Å². The van der Waals surface area contributed by atoms with Gasteiger partial charge in [-0.25, -0.2) is 10.8 Å². The van der Waals surface area contributed by atoms with Gasteiger partial charge in [0.2, 0.25) is 5.88 Å². The molecule has 2 heterocycles. The first-order valence-electron chi connectivity index (χ1n) is 6.21. The highest BCUT2D eigenvalue weighted by molar-refractivity contribution is 7.98. The number of hydrogen-bond donors (Lipinski definition) is 2. The standard InChI is InChI=1S/C14H13N5OS/c1-21-14-17-11(19-15)8-12(18-14)20-10-6-2-4-9-5-3-7-16-13(9)10/h2-8H,15H2,1H3,(H,17,18,19). The Labute approximate surface area is 125 Å². The maximum absolute atomic E-state index is 5.85. The molecule has 0 fully saturated rings. The minimum atomic E-state index is 0.417. The number of hydrogen-bond acceptors (Lipinski definition) is 7. The topological polar surface area (TPSA) is 86.0 Å². The summed E-state index contributed by atoms with van der Waals surface area (Å²) in [5.41, 5.74) is 3.29. The lowest BCUT2D eigenvalue weighted by Gasteiger charge is -2.09. The fourth-order valence-electron chi connectivity index (χ4n) is 1.89. The lowest BCUT2D eigenvalue weighted by Crippen LogP contribution is -2.09. The lowest BCUT2D eigenvalue weighted by molar-refractivity contribution is 0.460. The van der Waals surface area contributed by atoms with Crippen molar-refractivity contribution in [2.24, 2.45) is 5.84 Å². The number of nitrogens with one attached hydrogen (secondary N) is 1. The van der Waals surface area contributed by atoms with Crippen LogP contribution >= 0.6 is 11.8 Å². The molecule has 0 bridgehead atoms. The summed E-state index contributed by atoms with van der Waals surface area (Å²) in [7, 11) is 0. The van der Waals surface area contributed by atoms with Gasteiger partial charge in [-0.15, -0.1) is 0 Å². The molecule has 0 unspecified atom stereocenters. The molecule has 3 aromatic rings. The first-order chi connectivity index (χ1) is 10.3. The summed E-state index contributed by atoms with van der Waals surface area (Å²) < 4.78 is 5.85. The van der Waals surface area contributed by atoms with Crippen molar-refractivity contribution >= 4 is 28.5 Å². The summed E-state index contributed by atoms with van der Waals surface area (Å²) in [6.07, 6.45) is 3.62. The number of nitrogens with zero attached hydrogens (tertiary/aromatic N) is 3. The number of anilines is 1. The predicted molar refractivity (Wildman–Crippen MR) is 83.4 cm³/mol. The molecule has 0 atom stereocenters. The first-order valence-corrected chi connectivity index (χ1v) is 7.44. The normalized spacial score (nSPS) is 10.6. The molecule has 0 amide bonds. The highest BCUT2D eigenvalue weighted by Crippen LogP contribution is 2.28. The van der Waals surface area contributed by atoms with Crippen molar-refractivity contribution in [3.63, 3.8) is 0 Å². The van der Waals surface area contributed by atoms with Gasteiger partial charge in [0.1, 0.15) is 11.3 Å². The number of ether oxygens (including phenoxy) is 1. The molecular formula is C14H13N5OS. The van der Waals surface area contributed by atoms with Gasteiger partial charge in [0, 0.05) is 17.6 Å². The SMILES string of the molecule is CSc1nc(NN)cc(Oc2cccc3cccnc23)n1. The number of nitrogen functional groups attached to an aromatic ring is 1. The van der Waals surface area contributed by atoms with Gasteiger partial charge >= 0.3 is 0 Å². The number of benzene rings is 1. The number of aromatic nitrogens is 3. The Morgan fingerprint density at radius 2 is 2.05 bits per heavy atom. The summed E-state index contributed by atoms with van der Waals surface area (Å²) in [6, 6.07) is 11.3. The van der Waals surface area contributed by atoms with E-state index in [9.17, 15) is 0 Å². The summed E-state index contributed by atoms with van der Waals surface area (Å²) in [5.74, 6) is 6.96. The molecule has 21 heavy (non-hydrogen) atoms. The number of nitrogens with two attached hydrogens (primary N) is 1. The van der Waals surface area contributed by atoms with Gasteiger partial charge < -0.3 is 10.2 Å². The van der Waals surface area contributed by atoms with E-state index in [2.05, 4.69) is 20.4 Å². The van der Waals surface area contributed by atoms with Crippen LogP contribution < -0.4 is 16.0 Å². The molecule has 0 saturated heterocycles. The molecule has 3 N–H and O–H groups in total. The Kier molecular flexibility index (Phi) is 3.85. The smallest absolute Gasteiger partial charge is 0.225 e. The zero-order chi connectivity index (χ0) is 14.7. The first kappa shape index (κ1) is 13.6. The maximum Gasteiger partial charge on any atom is 0.225 e. The molecular weight excluding hydrogens is 286 g/mol. The Bertz CT molecular complexity index is 753. The predicted octanol–water partition coefficient (Wildman–Crippen LogP) is 2.82. The monoisotopic (exact) mass is 299 g/mol. The number of thioether (sulfide) groups is 1. The van der Waals surface area contributed by atoms with E-state index < -0.39 is 0 Å². The van der Waals surface area contributed by atoms with Crippen molar-refractivity contribution < 1.29 is 4.74 Å². The molecule has 0 spiro atoms. The molecule has 106 valence electrons. The molecule has 0 radical (unpaired) electrons. The third-order valence-corrected chi connectivity index (χ3v) is 3.37. The largest absolute Gasteiger partial charge is 0.437 e. The van der Waals surface area contributed by atoms with Crippen LogP contribution in [0.3, 0.4) is 0 Å². The quantitative estimate of drug-likeness (QED) is 0.331. The second-order valence-corrected chi connectivity index (χ2v) is 4.93. The summed E-state index contributed by atoms with van der Waals surface area (Å²) in [5, 5.41) is 1.58. The van der Waals surface area contributed by atoms with Crippen molar-refractivity contribution in [1.82, 2.24) is 15.0 Å². The van der Waals surface area contributed by atoms with Crippen LogP contribution in [0.4, 0.5) is 5.82 Å². The van der Waals surface area contributed by atoms with Gasteiger partial charge in [-0.2, -0.15) is 4.98 Å². The van der Waals surface area contributed by atoms with Gasteiger partial charge in [-0.1, -0.05) is 30.0 Å². The van der Waals surface area contributed by atoms with E-state index in [0.29, 0.717) is 22.6 Å². The number of rotatable bonds is 4. The van der Waals surface area contributed by atoms with E-state index in [0.717, 1.165) is 10.9 Å². The molecule has 0 aliphatic carbocycles. The summed E-state index contributed by atoms with van der Waals surface area (Å²) in [4.78, 5) is 12.9. The van der Waals surface area contributed by atoms with E-state index in [1.54, 1.807) is 12.3 Å². The van der Waals surface area contributed by atoms with E-state index in [1.807, 2.05) is 36.6 Å². The highest BCUT2D eigenvalue weighted by Gasteiger charge is 2.08. The van der Waals surface area contributed by atoms with Gasteiger partial charge in [-0.3, -0.25) is 4.98 Å². The van der Waals surface area contributed by atoms with Gasteiger partial charge in [-0.05, 0) is 18.4 Å². The van der Waals surface area contributed by atoms with Crippen LogP contribution in [-0.4, -0.2) is 21.2 Å². The fourth-order valence-corrected chi connectivity index (χ4v) is 2.26. The Morgan fingerprint density at radius 3 is 2.86 bits per heavy atom. The van der Waals surface area contributed by atoms with Crippen molar-refractivity contribution in [2.45, 2.75) is 5.16 Å². The molecule has 6 nitrogen and oxygen atoms in total. The van der Waals surface area contributed by atoms with E-state index >= 15 is 0 Å². The third-order valence-electron chi connectivity index (χ3n) is 2.82. The van der Waals surface area contributed by atoms with Crippen molar-refractivity contribution in [2.75, 3.05) is 11.7 Å². The Balaban J connectivity index is 2.02. The van der Waals surface area contributed by atoms with Crippen LogP contribution in [0.2, 0.25) is 0 Å². The average molecular weight is 299 g/mol. The highest BCUT2D eigenvalue weighted by atomic mass is 32.2. The van der Waals surface area contributed by atoms with Crippen LogP contribution in [0.15, 0.2) is 47.8 Å². The van der Waals surface area contributed by atoms with E-state index in [4.69, 9.17) is 10.6 Å². The second-order valence-electron chi connectivity index (χ2n) is 4.16. The average Bonchev–Trinajstić information content (AvgIpc) is 2.55. The molecule has 0 saturated carbocycles. The van der Waals surface area contributed by atoms with Crippen molar-refractivity contribution in [1.29, 1.82) is 0 Å².